The average Bonchev–Trinajstić information content (AvgIpc) is 2.53. The third kappa shape index (κ3) is 5.33. The van der Waals surface area contributed by atoms with Gasteiger partial charge in [-0.15, -0.1) is 0 Å². The van der Waals surface area contributed by atoms with Gasteiger partial charge in [0.15, 0.2) is 0 Å². The van der Waals surface area contributed by atoms with Crippen molar-refractivity contribution in [2.45, 2.75) is 45.6 Å². The summed E-state index contributed by atoms with van der Waals surface area (Å²) in [4.78, 5) is 2.60. The van der Waals surface area contributed by atoms with Crippen molar-refractivity contribution >= 4 is 0 Å². The van der Waals surface area contributed by atoms with Crippen LogP contribution in [-0.2, 0) is 0 Å². The van der Waals surface area contributed by atoms with E-state index in [0.717, 1.165) is 18.9 Å². The minimum Gasteiger partial charge on any atom is -0.494 e. The molecule has 2 rings (SSSR count). The number of rotatable bonds is 8. The molecule has 0 aliphatic carbocycles. The maximum Gasteiger partial charge on any atom is 0.124 e. The minimum atomic E-state index is 0.342. The molecule has 1 saturated heterocycles. The third-order valence-corrected chi connectivity index (χ3v) is 4.24. The summed E-state index contributed by atoms with van der Waals surface area (Å²) in [6.07, 6.45) is 5.40. The van der Waals surface area contributed by atoms with Crippen LogP contribution >= 0.6 is 0 Å². The number of ether oxygens (including phenoxy) is 1. The van der Waals surface area contributed by atoms with Gasteiger partial charge in [0.1, 0.15) is 5.75 Å². The number of likely N-dealkylation sites (tertiary alicyclic amines) is 1. The van der Waals surface area contributed by atoms with Crippen LogP contribution in [0.25, 0.3) is 0 Å². The summed E-state index contributed by atoms with van der Waals surface area (Å²) in [5, 5.41) is 3.63. The molecule has 0 bridgehead atoms. The molecule has 1 fully saturated rings. The molecule has 21 heavy (non-hydrogen) atoms. The van der Waals surface area contributed by atoms with Gasteiger partial charge in [0.25, 0.3) is 0 Å². The second-order valence-corrected chi connectivity index (χ2v) is 5.90. The van der Waals surface area contributed by atoms with Gasteiger partial charge in [-0.3, -0.25) is 0 Å². The summed E-state index contributed by atoms with van der Waals surface area (Å²) >= 11 is 0. The average molecular weight is 290 g/mol. The van der Waals surface area contributed by atoms with E-state index in [0.29, 0.717) is 6.04 Å². The first kappa shape index (κ1) is 16.3. The van der Waals surface area contributed by atoms with Crippen LogP contribution in [0.2, 0.25) is 0 Å². The first-order valence-corrected chi connectivity index (χ1v) is 8.48. The maximum atomic E-state index is 5.71. The van der Waals surface area contributed by atoms with Crippen molar-refractivity contribution in [2.24, 2.45) is 0 Å². The van der Waals surface area contributed by atoms with E-state index in [2.05, 4.69) is 35.3 Å². The van der Waals surface area contributed by atoms with Crippen molar-refractivity contribution in [3.63, 3.8) is 0 Å². The number of hydrogen-bond acceptors (Lipinski definition) is 3. The second kappa shape index (κ2) is 9.06. The zero-order valence-corrected chi connectivity index (χ0v) is 13.6. The lowest BCUT2D eigenvalue weighted by Crippen LogP contribution is -2.32. The van der Waals surface area contributed by atoms with Gasteiger partial charge in [0, 0.05) is 11.6 Å². The van der Waals surface area contributed by atoms with Crippen LogP contribution in [-0.4, -0.2) is 37.7 Å². The zero-order chi connectivity index (χ0) is 14.9. The number of nitrogens with one attached hydrogen (secondary N) is 1. The van der Waals surface area contributed by atoms with Gasteiger partial charge in [-0.25, -0.2) is 0 Å². The summed E-state index contributed by atoms with van der Waals surface area (Å²) in [6, 6.07) is 8.69. The summed E-state index contributed by atoms with van der Waals surface area (Å²) < 4.78 is 5.71. The Labute approximate surface area is 129 Å². The number of nitrogens with zero attached hydrogens (tertiary/aromatic N) is 1. The predicted molar refractivity (Wildman–Crippen MR) is 88.9 cm³/mol. The molecule has 0 spiro atoms. The van der Waals surface area contributed by atoms with Crippen LogP contribution in [0.15, 0.2) is 24.3 Å². The highest BCUT2D eigenvalue weighted by atomic mass is 16.5. The molecule has 1 N–H and O–H groups in total. The van der Waals surface area contributed by atoms with Gasteiger partial charge in [-0.2, -0.15) is 0 Å². The standard InChI is InChI=1S/C18H30N2O/c1-3-21-18-11-6-5-10-17(18)16(2)19-12-9-15-20-13-7-4-8-14-20/h5-6,10-11,16,19H,3-4,7-9,12-15H2,1-2H3. The molecule has 0 radical (unpaired) electrons. The van der Waals surface area contributed by atoms with E-state index in [1.807, 2.05) is 13.0 Å². The minimum absolute atomic E-state index is 0.342. The maximum absolute atomic E-state index is 5.71. The Kier molecular flexibility index (Phi) is 7.04. The number of piperidine rings is 1. The van der Waals surface area contributed by atoms with E-state index in [9.17, 15) is 0 Å². The Morgan fingerprint density at radius 3 is 2.71 bits per heavy atom. The Hall–Kier alpha value is -1.06. The summed E-state index contributed by atoms with van der Waals surface area (Å²) in [7, 11) is 0. The first-order chi connectivity index (χ1) is 10.3. The van der Waals surface area contributed by atoms with E-state index in [-0.39, 0.29) is 0 Å². The van der Waals surface area contributed by atoms with Crippen LogP contribution in [0, 0.1) is 0 Å². The lowest BCUT2D eigenvalue weighted by Gasteiger charge is -2.26. The quantitative estimate of drug-likeness (QED) is 0.740. The molecule has 3 nitrogen and oxygen atoms in total. The predicted octanol–water partition coefficient (Wildman–Crippen LogP) is 3.61. The van der Waals surface area contributed by atoms with Gasteiger partial charge in [0.05, 0.1) is 6.61 Å². The zero-order valence-electron chi connectivity index (χ0n) is 13.6. The van der Waals surface area contributed by atoms with Gasteiger partial charge in [-0.1, -0.05) is 24.6 Å². The van der Waals surface area contributed by atoms with Crippen molar-refractivity contribution in [3.8, 4) is 5.75 Å². The molecular weight excluding hydrogens is 260 g/mol. The molecule has 0 aromatic heterocycles. The van der Waals surface area contributed by atoms with Crippen molar-refractivity contribution < 1.29 is 4.74 Å². The monoisotopic (exact) mass is 290 g/mol. The van der Waals surface area contributed by atoms with Crippen molar-refractivity contribution in [2.75, 3.05) is 32.8 Å². The Bertz CT molecular complexity index is 402. The van der Waals surface area contributed by atoms with E-state index in [1.165, 1.54) is 50.9 Å². The Balaban J connectivity index is 1.72. The topological polar surface area (TPSA) is 24.5 Å². The van der Waals surface area contributed by atoms with Gasteiger partial charge in [-0.05, 0) is 65.4 Å². The van der Waals surface area contributed by atoms with Gasteiger partial charge >= 0.3 is 0 Å². The van der Waals surface area contributed by atoms with E-state index in [1.54, 1.807) is 0 Å². The lowest BCUT2D eigenvalue weighted by molar-refractivity contribution is 0.225. The second-order valence-electron chi connectivity index (χ2n) is 5.90. The molecule has 3 heteroatoms. The summed E-state index contributed by atoms with van der Waals surface area (Å²) in [5.74, 6) is 1.01. The highest BCUT2D eigenvalue weighted by molar-refractivity contribution is 5.35. The molecule has 1 heterocycles. The first-order valence-electron chi connectivity index (χ1n) is 8.48. The van der Waals surface area contributed by atoms with Crippen molar-refractivity contribution in [1.82, 2.24) is 10.2 Å². The van der Waals surface area contributed by atoms with Crippen LogP contribution in [0.1, 0.15) is 51.1 Å². The van der Waals surface area contributed by atoms with E-state index < -0.39 is 0 Å². The molecule has 0 amide bonds. The molecule has 1 atom stereocenters. The molecule has 1 aliphatic heterocycles. The normalized spacial score (nSPS) is 17.6. The lowest BCUT2D eigenvalue weighted by atomic mass is 10.1. The van der Waals surface area contributed by atoms with Crippen LogP contribution in [0.5, 0.6) is 5.75 Å². The van der Waals surface area contributed by atoms with E-state index in [4.69, 9.17) is 4.74 Å². The van der Waals surface area contributed by atoms with Crippen molar-refractivity contribution in [1.29, 1.82) is 0 Å². The highest BCUT2D eigenvalue weighted by Crippen LogP contribution is 2.24. The summed E-state index contributed by atoms with van der Waals surface area (Å²) in [6.45, 7) is 9.86. The fraction of sp³-hybridized carbons (Fsp3) is 0.667. The smallest absolute Gasteiger partial charge is 0.124 e. The van der Waals surface area contributed by atoms with E-state index >= 15 is 0 Å². The molecule has 1 aliphatic rings. The fourth-order valence-corrected chi connectivity index (χ4v) is 3.04. The molecule has 1 unspecified atom stereocenters. The summed E-state index contributed by atoms with van der Waals surface area (Å²) in [5.41, 5.74) is 1.26. The van der Waals surface area contributed by atoms with Gasteiger partial charge < -0.3 is 15.0 Å². The van der Waals surface area contributed by atoms with Crippen LogP contribution in [0.3, 0.4) is 0 Å². The number of para-hydroxylation sites is 1. The molecule has 1 aromatic carbocycles. The van der Waals surface area contributed by atoms with Crippen molar-refractivity contribution in [3.05, 3.63) is 29.8 Å². The molecule has 118 valence electrons. The highest BCUT2D eigenvalue weighted by Gasteiger charge is 2.12. The Morgan fingerprint density at radius 2 is 1.95 bits per heavy atom. The number of hydrogen-bond donors (Lipinski definition) is 1. The molecule has 0 saturated carbocycles. The fourth-order valence-electron chi connectivity index (χ4n) is 3.04. The van der Waals surface area contributed by atoms with Gasteiger partial charge in [0.2, 0.25) is 0 Å². The number of benzene rings is 1. The SMILES string of the molecule is CCOc1ccccc1C(C)NCCCN1CCCCC1. The third-order valence-electron chi connectivity index (χ3n) is 4.24. The largest absolute Gasteiger partial charge is 0.494 e. The van der Waals surface area contributed by atoms with Crippen LogP contribution in [0.4, 0.5) is 0 Å². The van der Waals surface area contributed by atoms with Crippen LogP contribution < -0.4 is 10.1 Å². The molecule has 1 aromatic rings. The Morgan fingerprint density at radius 1 is 1.19 bits per heavy atom. The molecular formula is C18H30N2O.